The van der Waals surface area contributed by atoms with Crippen LogP contribution in [0, 0.1) is 11.8 Å². The van der Waals surface area contributed by atoms with E-state index < -0.39 is 0 Å². The van der Waals surface area contributed by atoms with Crippen LogP contribution in [0.3, 0.4) is 0 Å². The molecule has 1 saturated heterocycles. The van der Waals surface area contributed by atoms with Crippen molar-refractivity contribution in [2.75, 3.05) is 30.4 Å². The lowest BCUT2D eigenvalue weighted by atomic mass is 9.78. The molecule has 0 spiro atoms. The molecule has 25 heavy (non-hydrogen) atoms. The highest BCUT2D eigenvalue weighted by molar-refractivity contribution is 5.95. The van der Waals surface area contributed by atoms with Crippen molar-refractivity contribution in [2.24, 2.45) is 11.8 Å². The molecule has 1 aliphatic carbocycles. The van der Waals surface area contributed by atoms with Gasteiger partial charge in [-0.3, -0.25) is 4.90 Å². The molecule has 3 rings (SSSR count). The van der Waals surface area contributed by atoms with Crippen molar-refractivity contribution in [2.45, 2.75) is 39.2 Å². The Hall–Kier alpha value is -2.24. The number of hydrogen-bond donors (Lipinski definition) is 2. The average Bonchev–Trinajstić information content (AvgIpc) is 3.01. The molecule has 6 nitrogen and oxygen atoms in total. The maximum Gasteiger partial charge on any atom is 0.321 e. The second-order valence-electron chi connectivity index (χ2n) is 7.35. The van der Waals surface area contributed by atoms with Gasteiger partial charge in [0.15, 0.2) is 0 Å². The third-order valence-electron chi connectivity index (χ3n) is 5.52. The zero-order valence-corrected chi connectivity index (χ0v) is 15.3. The molecule has 6 heteroatoms. The number of carbonyl (C=O) groups is 2. The Morgan fingerprint density at radius 2 is 2.00 bits per heavy atom. The van der Waals surface area contributed by atoms with Gasteiger partial charge >= 0.3 is 12.1 Å². The van der Waals surface area contributed by atoms with Crippen LogP contribution < -0.4 is 15.5 Å². The maximum absolute atomic E-state index is 12.7. The van der Waals surface area contributed by atoms with Crippen molar-refractivity contribution in [3.05, 3.63) is 24.3 Å². The molecule has 0 bridgehead atoms. The SMILES string of the molecule is C[C@H]1CCC[C@H](C)C1N(C)C(=O)Nc1cccc(N2CCNC2=O)c1. The topological polar surface area (TPSA) is 64.7 Å². The third kappa shape index (κ3) is 3.72. The van der Waals surface area contributed by atoms with Crippen LogP contribution in [0.1, 0.15) is 33.1 Å². The number of carbonyl (C=O) groups excluding carboxylic acids is 2. The molecule has 2 fully saturated rings. The van der Waals surface area contributed by atoms with Crippen LogP contribution in [-0.4, -0.2) is 43.1 Å². The summed E-state index contributed by atoms with van der Waals surface area (Å²) in [5.41, 5.74) is 1.51. The monoisotopic (exact) mass is 344 g/mol. The molecule has 2 aliphatic rings. The third-order valence-corrected chi connectivity index (χ3v) is 5.52. The van der Waals surface area contributed by atoms with Crippen molar-refractivity contribution in [1.82, 2.24) is 10.2 Å². The zero-order chi connectivity index (χ0) is 18.0. The fourth-order valence-corrected chi connectivity index (χ4v) is 4.24. The Morgan fingerprint density at radius 1 is 1.28 bits per heavy atom. The Kier molecular flexibility index (Phi) is 5.16. The molecule has 1 aromatic rings. The van der Waals surface area contributed by atoms with E-state index in [2.05, 4.69) is 24.5 Å². The minimum Gasteiger partial charge on any atom is -0.336 e. The van der Waals surface area contributed by atoms with Gasteiger partial charge in [-0.1, -0.05) is 26.3 Å². The van der Waals surface area contributed by atoms with Gasteiger partial charge in [-0.05, 0) is 42.9 Å². The lowest BCUT2D eigenvalue weighted by Gasteiger charge is -2.40. The fourth-order valence-electron chi connectivity index (χ4n) is 4.24. The standard InChI is InChI=1S/C19H28N4O2/c1-13-6-4-7-14(2)17(13)22(3)19(25)21-15-8-5-9-16(12-15)23-11-10-20-18(23)24/h5,8-9,12-14,17H,4,6-7,10-11H2,1-3H3,(H,20,24)(H,21,25)/t13-,14-/m0/s1. The summed E-state index contributed by atoms with van der Waals surface area (Å²) in [5.74, 6) is 1.03. The largest absolute Gasteiger partial charge is 0.336 e. The first-order chi connectivity index (χ1) is 12.0. The van der Waals surface area contributed by atoms with Crippen molar-refractivity contribution >= 4 is 23.4 Å². The quantitative estimate of drug-likeness (QED) is 0.881. The lowest BCUT2D eigenvalue weighted by Crippen LogP contribution is -2.48. The van der Waals surface area contributed by atoms with E-state index in [1.165, 1.54) is 19.3 Å². The lowest BCUT2D eigenvalue weighted by molar-refractivity contribution is 0.115. The summed E-state index contributed by atoms with van der Waals surface area (Å²) in [7, 11) is 1.89. The first-order valence-corrected chi connectivity index (χ1v) is 9.16. The second kappa shape index (κ2) is 7.33. The van der Waals surface area contributed by atoms with E-state index in [1.54, 1.807) is 4.90 Å². The van der Waals surface area contributed by atoms with E-state index in [0.717, 1.165) is 5.69 Å². The van der Waals surface area contributed by atoms with E-state index in [9.17, 15) is 9.59 Å². The molecule has 4 amide bonds. The van der Waals surface area contributed by atoms with Crippen molar-refractivity contribution < 1.29 is 9.59 Å². The number of amides is 4. The number of nitrogens with one attached hydrogen (secondary N) is 2. The van der Waals surface area contributed by atoms with E-state index in [0.29, 0.717) is 30.6 Å². The summed E-state index contributed by atoms with van der Waals surface area (Å²) in [6.07, 6.45) is 3.59. The molecule has 136 valence electrons. The normalized spacial score (nSPS) is 24.1. The highest BCUT2D eigenvalue weighted by Gasteiger charge is 2.33. The molecule has 1 aliphatic heterocycles. The molecular formula is C19H28N4O2. The van der Waals surface area contributed by atoms with Gasteiger partial charge in [0.2, 0.25) is 0 Å². The number of benzene rings is 1. The highest BCUT2D eigenvalue weighted by atomic mass is 16.2. The van der Waals surface area contributed by atoms with E-state index in [4.69, 9.17) is 0 Å². The van der Waals surface area contributed by atoms with Crippen LogP contribution in [0.5, 0.6) is 0 Å². The molecule has 1 aromatic carbocycles. The Morgan fingerprint density at radius 3 is 2.64 bits per heavy atom. The first-order valence-electron chi connectivity index (χ1n) is 9.16. The Bertz CT molecular complexity index is 638. The molecule has 0 radical (unpaired) electrons. The molecule has 0 unspecified atom stereocenters. The van der Waals surface area contributed by atoms with Crippen molar-refractivity contribution in [1.29, 1.82) is 0 Å². The van der Waals surface area contributed by atoms with Gasteiger partial charge in [0.25, 0.3) is 0 Å². The van der Waals surface area contributed by atoms with Gasteiger partial charge in [-0.25, -0.2) is 9.59 Å². The number of nitrogens with zero attached hydrogens (tertiary/aromatic N) is 2. The van der Waals surface area contributed by atoms with Crippen molar-refractivity contribution in [3.8, 4) is 0 Å². The predicted octanol–water partition coefficient (Wildman–Crippen LogP) is 3.50. The molecule has 2 atom stereocenters. The van der Waals surface area contributed by atoms with Crippen LogP contribution in [0.2, 0.25) is 0 Å². The van der Waals surface area contributed by atoms with Crippen LogP contribution in [0.4, 0.5) is 21.0 Å². The van der Waals surface area contributed by atoms with E-state index >= 15 is 0 Å². The molecule has 1 saturated carbocycles. The molecular weight excluding hydrogens is 316 g/mol. The maximum atomic E-state index is 12.7. The second-order valence-corrected chi connectivity index (χ2v) is 7.35. The summed E-state index contributed by atoms with van der Waals surface area (Å²) >= 11 is 0. The summed E-state index contributed by atoms with van der Waals surface area (Å²) in [6.45, 7) is 5.76. The van der Waals surface area contributed by atoms with Gasteiger partial charge in [0, 0.05) is 37.6 Å². The average molecular weight is 344 g/mol. The molecule has 1 heterocycles. The Labute approximate surface area is 149 Å². The minimum atomic E-state index is -0.0922. The minimum absolute atomic E-state index is 0.0892. The summed E-state index contributed by atoms with van der Waals surface area (Å²) < 4.78 is 0. The zero-order valence-electron chi connectivity index (χ0n) is 15.3. The van der Waals surface area contributed by atoms with Gasteiger partial charge in [-0.2, -0.15) is 0 Å². The number of urea groups is 2. The first kappa shape index (κ1) is 17.6. The molecule has 0 aromatic heterocycles. The van der Waals surface area contributed by atoms with Crippen LogP contribution >= 0.6 is 0 Å². The van der Waals surface area contributed by atoms with Gasteiger partial charge < -0.3 is 15.5 Å². The summed E-state index contributed by atoms with van der Waals surface area (Å²) in [5, 5.41) is 5.78. The number of anilines is 2. The fraction of sp³-hybridized carbons (Fsp3) is 0.579. The predicted molar refractivity (Wildman–Crippen MR) is 99.9 cm³/mol. The van der Waals surface area contributed by atoms with Crippen LogP contribution in [-0.2, 0) is 0 Å². The highest BCUT2D eigenvalue weighted by Crippen LogP contribution is 2.32. The van der Waals surface area contributed by atoms with E-state index in [1.807, 2.05) is 36.2 Å². The Balaban J connectivity index is 1.69. The van der Waals surface area contributed by atoms with Gasteiger partial charge in [0.05, 0.1) is 0 Å². The van der Waals surface area contributed by atoms with Crippen molar-refractivity contribution in [3.63, 3.8) is 0 Å². The van der Waals surface area contributed by atoms with Gasteiger partial charge in [0.1, 0.15) is 0 Å². The summed E-state index contributed by atoms with van der Waals surface area (Å²) in [6, 6.07) is 7.54. The number of hydrogen-bond acceptors (Lipinski definition) is 2. The van der Waals surface area contributed by atoms with Gasteiger partial charge in [-0.15, -0.1) is 0 Å². The van der Waals surface area contributed by atoms with Crippen LogP contribution in [0.25, 0.3) is 0 Å². The smallest absolute Gasteiger partial charge is 0.321 e. The number of rotatable bonds is 3. The summed E-state index contributed by atoms with van der Waals surface area (Å²) in [4.78, 5) is 28.1. The van der Waals surface area contributed by atoms with Crippen LogP contribution in [0.15, 0.2) is 24.3 Å². The molecule has 2 N–H and O–H groups in total. The van der Waals surface area contributed by atoms with E-state index in [-0.39, 0.29) is 18.1 Å².